The summed E-state index contributed by atoms with van der Waals surface area (Å²) in [5, 5.41) is 13.8. The second-order valence-electron chi connectivity index (χ2n) is 4.09. The molecule has 0 bridgehead atoms. The highest BCUT2D eigenvalue weighted by Gasteiger charge is 2.02. The van der Waals surface area contributed by atoms with Crippen molar-refractivity contribution >= 4 is 17.7 Å². The number of hydrogen-bond donors (Lipinski definition) is 3. The van der Waals surface area contributed by atoms with E-state index < -0.39 is 5.97 Å². The summed E-state index contributed by atoms with van der Waals surface area (Å²) < 4.78 is 0. The Labute approximate surface area is 106 Å². The van der Waals surface area contributed by atoms with Crippen LogP contribution in [0.4, 0.5) is 10.5 Å². The van der Waals surface area contributed by atoms with Crippen molar-refractivity contribution in [3.8, 4) is 0 Å². The van der Waals surface area contributed by atoms with Crippen LogP contribution in [-0.4, -0.2) is 17.1 Å². The molecule has 3 N–H and O–H groups in total. The SMILES string of the molecule is CC(C)=CNC(=O)Nc1ccc(CC(=O)O)cc1. The average molecular weight is 248 g/mol. The van der Waals surface area contributed by atoms with Crippen molar-refractivity contribution < 1.29 is 14.7 Å². The number of amides is 2. The van der Waals surface area contributed by atoms with Gasteiger partial charge >= 0.3 is 12.0 Å². The molecule has 0 fully saturated rings. The van der Waals surface area contributed by atoms with Crippen molar-refractivity contribution in [3.05, 3.63) is 41.6 Å². The van der Waals surface area contributed by atoms with Crippen LogP contribution in [0.25, 0.3) is 0 Å². The van der Waals surface area contributed by atoms with Crippen LogP contribution in [0.2, 0.25) is 0 Å². The third-order valence-corrected chi connectivity index (χ3v) is 2.06. The van der Waals surface area contributed by atoms with E-state index in [1.807, 2.05) is 13.8 Å². The van der Waals surface area contributed by atoms with E-state index >= 15 is 0 Å². The number of carboxylic acid groups (broad SMARTS) is 1. The molecule has 18 heavy (non-hydrogen) atoms. The largest absolute Gasteiger partial charge is 0.481 e. The molecule has 5 nitrogen and oxygen atoms in total. The van der Waals surface area contributed by atoms with Crippen molar-refractivity contribution in [2.45, 2.75) is 20.3 Å². The van der Waals surface area contributed by atoms with E-state index in [0.717, 1.165) is 5.57 Å². The normalized spacial score (nSPS) is 9.44. The van der Waals surface area contributed by atoms with Crippen LogP contribution in [0.1, 0.15) is 19.4 Å². The molecule has 0 aromatic heterocycles. The molecule has 0 spiro atoms. The smallest absolute Gasteiger partial charge is 0.323 e. The van der Waals surface area contributed by atoms with Crippen molar-refractivity contribution in [3.63, 3.8) is 0 Å². The Kier molecular flexibility index (Phi) is 4.92. The lowest BCUT2D eigenvalue weighted by molar-refractivity contribution is -0.136. The van der Waals surface area contributed by atoms with Crippen molar-refractivity contribution in [2.24, 2.45) is 0 Å². The van der Waals surface area contributed by atoms with Gasteiger partial charge in [-0.25, -0.2) is 4.79 Å². The third-order valence-electron chi connectivity index (χ3n) is 2.06. The number of aliphatic carboxylic acids is 1. The standard InChI is InChI=1S/C13H16N2O3/c1-9(2)8-14-13(18)15-11-5-3-10(4-6-11)7-12(16)17/h3-6,8H,7H2,1-2H3,(H,16,17)(H2,14,15,18). The second-order valence-corrected chi connectivity index (χ2v) is 4.09. The molecule has 0 aliphatic carbocycles. The predicted octanol–water partition coefficient (Wildman–Crippen LogP) is 2.36. The van der Waals surface area contributed by atoms with Gasteiger partial charge in [-0.05, 0) is 31.5 Å². The lowest BCUT2D eigenvalue weighted by atomic mass is 10.1. The van der Waals surface area contributed by atoms with Gasteiger partial charge in [0.25, 0.3) is 0 Å². The summed E-state index contributed by atoms with van der Waals surface area (Å²) in [6.07, 6.45) is 1.58. The number of carboxylic acids is 1. The highest BCUT2D eigenvalue weighted by molar-refractivity contribution is 5.89. The van der Waals surface area contributed by atoms with E-state index in [4.69, 9.17) is 5.11 Å². The zero-order valence-corrected chi connectivity index (χ0v) is 10.4. The number of rotatable bonds is 4. The van der Waals surface area contributed by atoms with E-state index in [2.05, 4.69) is 10.6 Å². The molecule has 96 valence electrons. The fourth-order valence-electron chi connectivity index (χ4n) is 1.26. The zero-order valence-electron chi connectivity index (χ0n) is 10.4. The van der Waals surface area contributed by atoms with Gasteiger partial charge in [-0.3, -0.25) is 4.79 Å². The molecule has 2 amide bonds. The maximum absolute atomic E-state index is 11.4. The number of carbonyl (C=O) groups excluding carboxylic acids is 1. The number of allylic oxidation sites excluding steroid dienone is 1. The topological polar surface area (TPSA) is 78.4 Å². The number of anilines is 1. The first-order valence-electron chi connectivity index (χ1n) is 5.49. The summed E-state index contributed by atoms with van der Waals surface area (Å²) in [6.45, 7) is 3.75. The van der Waals surface area contributed by atoms with Gasteiger partial charge in [-0.2, -0.15) is 0 Å². The highest BCUT2D eigenvalue weighted by atomic mass is 16.4. The van der Waals surface area contributed by atoms with Gasteiger partial charge < -0.3 is 15.7 Å². The van der Waals surface area contributed by atoms with Crippen LogP contribution in [0, 0.1) is 0 Å². The third kappa shape index (κ3) is 5.16. The molecule has 0 aliphatic heterocycles. The fraction of sp³-hybridized carbons (Fsp3) is 0.231. The van der Waals surface area contributed by atoms with Crippen LogP contribution >= 0.6 is 0 Å². The van der Waals surface area contributed by atoms with Crippen molar-refractivity contribution in [2.75, 3.05) is 5.32 Å². The van der Waals surface area contributed by atoms with E-state index in [1.54, 1.807) is 30.5 Å². The quantitative estimate of drug-likeness (QED) is 0.765. The number of urea groups is 1. The first kappa shape index (κ1) is 13.8. The molecular formula is C13H16N2O3. The Morgan fingerprint density at radius 2 is 1.83 bits per heavy atom. The Hall–Kier alpha value is -2.30. The van der Waals surface area contributed by atoms with Crippen LogP contribution in [0.3, 0.4) is 0 Å². The molecule has 0 saturated carbocycles. The minimum absolute atomic E-state index is 0.0236. The van der Waals surface area contributed by atoms with Gasteiger partial charge in [0.05, 0.1) is 6.42 Å². The molecule has 0 radical (unpaired) electrons. The van der Waals surface area contributed by atoms with Gasteiger partial charge in [0.2, 0.25) is 0 Å². The van der Waals surface area contributed by atoms with Crippen LogP contribution in [0.15, 0.2) is 36.0 Å². The fourth-order valence-corrected chi connectivity index (χ4v) is 1.26. The summed E-state index contributed by atoms with van der Waals surface area (Å²) in [7, 11) is 0. The Balaban J connectivity index is 2.55. The Morgan fingerprint density at radius 3 is 2.33 bits per heavy atom. The molecular weight excluding hydrogens is 232 g/mol. The van der Waals surface area contributed by atoms with Gasteiger partial charge in [0, 0.05) is 11.9 Å². The van der Waals surface area contributed by atoms with Crippen LogP contribution < -0.4 is 10.6 Å². The number of hydrogen-bond acceptors (Lipinski definition) is 2. The van der Waals surface area contributed by atoms with E-state index in [9.17, 15) is 9.59 Å². The molecule has 0 saturated heterocycles. The number of nitrogens with one attached hydrogen (secondary N) is 2. The molecule has 1 rings (SSSR count). The van der Waals surface area contributed by atoms with E-state index in [1.165, 1.54) is 0 Å². The summed E-state index contributed by atoms with van der Waals surface area (Å²) in [4.78, 5) is 21.9. The van der Waals surface area contributed by atoms with Gasteiger partial charge in [-0.1, -0.05) is 17.7 Å². The lowest BCUT2D eigenvalue weighted by Gasteiger charge is -2.05. The van der Waals surface area contributed by atoms with Gasteiger partial charge in [0.1, 0.15) is 0 Å². The van der Waals surface area contributed by atoms with Gasteiger partial charge in [0.15, 0.2) is 0 Å². The maximum atomic E-state index is 11.4. The molecule has 0 unspecified atom stereocenters. The van der Waals surface area contributed by atoms with E-state index in [0.29, 0.717) is 11.3 Å². The molecule has 5 heteroatoms. The monoisotopic (exact) mass is 248 g/mol. The second kappa shape index (κ2) is 6.44. The number of benzene rings is 1. The van der Waals surface area contributed by atoms with E-state index in [-0.39, 0.29) is 12.5 Å². The summed E-state index contributed by atoms with van der Waals surface area (Å²) in [5.74, 6) is -0.878. The van der Waals surface area contributed by atoms with Crippen LogP contribution in [-0.2, 0) is 11.2 Å². The molecule has 0 aliphatic rings. The van der Waals surface area contributed by atoms with Crippen molar-refractivity contribution in [1.82, 2.24) is 5.32 Å². The number of carbonyl (C=O) groups is 2. The molecule has 1 aromatic carbocycles. The first-order valence-corrected chi connectivity index (χ1v) is 5.49. The Morgan fingerprint density at radius 1 is 1.22 bits per heavy atom. The van der Waals surface area contributed by atoms with Crippen LogP contribution in [0.5, 0.6) is 0 Å². The summed E-state index contributed by atoms with van der Waals surface area (Å²) in [5.41, 5.74) is 2.29. The molecule has 1 aromatic rings. The summed E-state index contributed by atoms with van der Waals surface area (Å²) in [6, 6.07) is 6.35. The maximum Gasteiger partial charge on any atom is 0.323 e. The Bertz CT molecular complexity index is 460. The van der Waals surface area contributed by atoms with Gasteiger partial charge in [-0.15, -0.1) is 0 Å². The lowest BCUT2D eigenvalue weighted by Crippen LogP contribution is -2.24. The minimum Gasteiger partial charge on any atom is -0.481 e. The predicted molar refractivity (Wildman–Crippen MR) is 69.4 cm³/mol. The summed E-state index contributed by atoms with van der Waals surface area (Å²) >= 11 is 0. The highest BCUT2D eigenvalue weighted by Crippen LogP contribution is 2.09. The first-order chi connectivity index (χ1) is 8.47. The minimum atomic E-state index is -0.878. The van der Waals surface area contributed by atoms with Crippen molar-refractivity contribution in [1.29, 1.82) is 0 Å². The molecule has 0 heterocycles. The molecule has 0 atom stereocenters. The zero-order chi connectivity index (χ0) is 13.5. The average Bonchev–Trinajstić information content (AvgIpc) is 2.28.